The molecule has 0 bridgehead atoms. The summed E-state index contributed by atoms with van der Waals surface area (Å²) in [5, 5.41) is 7.92. The number of thioether (sulfide) groups is 1. The van der Waals surface area contributed by atoms with Crippen LogP contribution in [0.15, 0.2) is 64.7 Å². The molecule has 1 atom stereocenters. The molecule has 3 amide bonds. The first-order chi connectivity index (χ1) is 16.8. The SMILES string of the molecule is CCOC(=O)C1=C(COC(=O)c2ccccc2SCC(=O)Nc2ccc(C)cc2)NC(=O)NC1C. The molecule has 3 N–H and O–H groups in total. The lowest BCUT2D eigenvalue weighted by molar-refractivity contribution is -0.139. The first kappa shape index (κ1) is 25.8. The van der Waals surface area contributed by atoms with Gasteiger partial charge in [-0.2, -0.15) is 0 Å². The summed E-state index contributed by atoms with van der Waals surface area (Å²) in [6, 6.07) is 13.1. The van der Waals surface area contributed by atoms with Gasteiger partial charge in [0.25, 0.3) is 0 Å². The number of benzene rings is 2. The van der Waals surface area contributed by atoms with E-state index in [1.165, 1.54) is 11.8 Å². The lowest BCUT2D eigenvalue weighted by Gasteiger charge is -2.26. The van der Waals surface area contributed by atoms with E-state index in [0.29, 0.717) is 10.6 Å². The highest BCUT2D eigenvalue weighted by molar-refractivity contribution is 8.00. The Labute approximate surface area is 207 Å². The fourth-order valence-electron chi connectivity index (χ4n) is 3.35. The van der Waals surface area contributed by atoms with E-state index >= 15 is 0 Å². The second-order valence-corrected chi connectivity index (χ2v) is 8.73. The predicted octanol–water partition coefficient (Wildman–Crippen LogP) is 3.40. The first-order valence-corrected chi connectivity index (χ1v) is 12.0. The van der Waals surface area contributed by atoms with Crippen LogP contribution in [0.5, 0.6) is 0 Å². The number of nitrogens with one attached hydrogen (secondary N) is 3. The van der Waals surface area contributed by atoms with Gasteiger partial charge in [0.1, 0.15) is 6.61 Å². The van der Waals surface area contributed by atoms with Crippen LogP contribution in [-0.4, -0.2) is 48.9 Å². The number of anilines is 1. The molecular formula is C25H27N3O6S. The standard InChI is InChI=1S/C25H27N3O6S/c1-4-33-24(31)22-16(3)26-25(32)28-19(22)13-34-23(30)18-7-5-6-8-20(18)35-14-21(29)27-17-11-9-15(2)10-12-17/h5-12,16H,4,13-14H2,1-3H3,(H,27,29)(H2,26,28,32). The smallest absolute Gasteiger partial charge is 0.339 e. The summed E-state index contributed by atoms with van der Waals surface area (Å²) >= 11 is 1.20. The molecule has 0 spiro atoms. The van der Waals surface area contributed by atoms with Gasteiger partial charge in [0, 0.05) is 10.6 Å². The van der Waals surface area contributed by atoms with Crippen LogP contribution in [0.25, 0.3) is 0 Å². The Balaban J connectivity index is 1.66. The molecule has 1 aliphatic heterocycles. The van der Waals surface area contributed by atoms with Crippen molar-refractivity contribution in [3.8, 4) is 0 Å². The van der Waals surface area contributed by atoms with E-state index in [2.05, 4.69) is 16.0 Å². The van der Waals surface area contributed by atoms with Crippen molar-refractivity contribution in [2.24, 2.45) is 0 Å². The summed E-state index contributed by atoms with van der Waals surface area (Å²) < 4.78 is 10.5. The summed E-state index contributed by atoms with van der Waals surface area (Å²) in [5.41, 5.74) is 2.41. The lowest BCUT2D eigenvalue weighted by Crippen LogP contribution is -2.50. The molecule has 2 aromatic carbocycles. The van der Waals surface area contributed by atoms with Crippen LogP contribution in [0.2, 0.25) is 0 Å². The molecule has 0 aliphatic carbocycles. The Hall–Kier alpha value is -3.79. The van der Waals surface area contributed by atoms with Gasteiger partial charge in [-0.05, 0) is 45.0 Å². The van der Waals surface area contributed by atoms with E-state index in [9.17, 15) is 19.2 Å². The Morgan fingerprint density at radius 3 is 2.46 bits per heavy atom. The van der Waals surface area contributed by atoms with Gasteiger partial charge in [-0.3, -0.25) is 4.79 Å². The number of aryl methyl sites for hydroxylation is 1. The molecule has 0 fully saturated rings. The van der Waals surface area contributed by atoms with Gasteiger partial charge in [0.05, 0.1) is 35.2 Å². The third kappa shape index (κ3) is 7.10. The number of carbonyl (C=O) groups is 4. The van der Waals surface area contributed by atoms with Crippen molar-refractivity contribution in [1.29, 1.82) is 0 Å². The van der Waals surface area contributed by atoms with Gasteiger partial charge in [-0.1, -0.05) is 29.8 Å². The molecule has 3 rings (SSSR count). The Morgan fingerprint density at radius 1 is 1.03 bits per heavy atom. The van der Waals surface area contributed by atoms with Crippen molar-refractivity contribution in [2.45, 2.75) is 31.7 Å². The van der Waals surface area contributed by atoms with E-state index in [4.69, 9.17) is 9.47 Å². The Bertz CT molecular complexity index is 1150. The third-order valence-electron chi connectivity index (χ3n) is 5.01. The number of hydrogen-bond acceptors (Lipinski definition) is 7. The van der Waals surface area contributed by atoms with Gasteiger partial charge in [-0.15, -0.1) is 11.8 Å². The minimum absolute atomic E-state index is 0.0928. The molecular weight excluding hydrogens is 470 g/mol. The van der Waals surface area contributed by atoms with Crippen LogP contribution in [0.3, 0.4) is 0 Å². The maximum atomic E-state index is 12.8. The van der Waals surface area contributed by atoms with Crippen LogP contribution in [0, 0.1) is 6.92 Å². The van der Waals surface area contributed by atoms with Gasteiger partial charge in [0.15, 0.2) is 0 Å². The van der Waals surface area contributed by atoms with E-state index in [1.54, 1.807) is 38.1 Å². The van der Waals surface area contributed by atoms with Crippen molar-refractivity contribution in [1.82, 2.24) is 10.6 Å². The zero-order valence-corrected chi connectivity index (χ0v) is 20.5. The molecule has 184 valence electrons. The highest BCUT2D eigenvalue weighted by Gasteiger charge is 2.30. The highest BCUT2D eigenvalue weighted by atomic mass is 32.2. The second-order valence-electron chi connectivity index (χ2n) is 7.71. The fourth-order valence-corrected chi connectivity index (χ4v) is 4.19. The summed E-state index contributed by atoms with van der Waals surface area (Å²) in [4.78, 5) is 50.0. The largest absolute Gasteiger partial charge is 0.463 e. The minimum atomic E-state index is -0.650. The van der Waals surface area contributed by atoms with Crippen molar-refractivity contribution >= 4 is 41.3 Å². The summed E-state index contributed by atoms with van der Waals surface area (Å²) in [7, 11) is 0. The molecule has 1 heterocycles. The molecule has 9 nitrogen and oxygen atoms in total. The number of hydrogen-bond donors (Lipinski definition) is 3. The zero-order valence-electron chi connectivity index (χ0n) is 19.7. The van der Waals surface area contributed by atoms with Crippen molar-refractivity contribution < 1.29 is 28.7 Å². The number of carbonyl (C=O) groups excluding carboxylic acids is 4. The van der Waals surface area contributed by atoms with Crippen molar-refractivity contribution in [3.63, 3.8) is 0 Å². The quantitative estimate of drug-likeness (QED) is 0.358. The molecule has 10 heteroatoms. The van der Waals surface area contributed by atoms with Crippen molar-refractivity contribution in [2.75, 3.05) is 24.3 Å². The van der Waals surface area contributed by atoms with E-state index in [1.807, 2.05) is 31.2 Å². The average molecular weight is 498 g/mol. The minimum Gasteiger partial charge on any atom is -0.463 e. The van der Waals surface area contributed by atoms with Crippen LogP contribution < -0.4 is 16.0 Å². The number of urea groups is 1. The highest BCUT2D eigenvalue weighted by Crippen LogP contribution is 2.24. The monoisotopic (exact) mass is 497 g/mol. The van der Waals surface area contributed by atoms with Crippen LogP contribution >= 0.6 is 11.8 Å². The zero-order chi connectivity index (χ0) is 25.4. The van der Waals surface area contributed by atoms with Crippen LogP contribution in [-0.2, 0) is 19.1 Å². The first-order valence-electron chi connectivity index (χ1n) is 11.0. The number of amides is 3. The topological polar surface area (TPSA) is 123 Å². The molecule has 1 aliphatic rings. The van der Waals surface area contributed by atoms with Gasteiger partial charge >= 0.3 is 18.0 Å². The second kappa shape index (κ2) is 12.1. The lowest BCUT2D eigenvalue weighted by atomic mass is 10.0. The molecule has 35 heavy (non-hydrogen) atoms. The maximum absolute atomic E-state index is 12.8. The number of rotatable bonds is 9. The van der Waals surface area contributed by atoms with E-state index in [-0.39, 0.29) is 41.7 Å². The maximum Gasteiger partial charge on any atom is 0.339 e. The van der Waals surface area contributed by atoms with E-state index in [0.717, 1.165) is 5.56 Å². The summed E-state index contributed by atoms with van der Waals surface area (Å²) in [5.74, 6) is -1.37. The molecule has 0 saturated heterocycles. The number of ether oxygens (including phenoxy) is 2. The van der Waals surface area contributed by atoms with Crippen LogP contribution in [0.4, 0.5) is 10.5 Å². The average Bonchev–Trinajstić information content (AvgIpc) is 2.82. The predicted molar refractivity (Wildman–Crippen MR) is 132 cm³/mol. The third-order valence-corrected chi connectivity index (χ3v) is 6.09. The Morgan fingerprint density at radius 2 is 1.74 bits per heavy atom. The molecule has 0 radical (unpaired) electrons. The van der Waals surface area contributed by atoms with Gasteiger partial charge in [-0.25, -0.2) is 14.4 Å². The number of esters is 2. The molecule has 0 aromatic heterocycles. The Kier molecular flexibility index (Phi) is 8.91. The van der Waals surface area contributed by atoms with Crippen molar-refractivity contribution in [3.05, 3.63) is 70.9 Å². The van der Waals surface area contributed by atoms with Gasteiger partial charge in [0.2, 0.25) is 5.91 Å². The molecule has 1 unspecified atom stereocenters. The normalized spacial score (nSPS) is 15.1. The van der Waals surface area contributed by atoms with E-state index < -0.39 is 24.0 Å². The summed E-state index contributed by atoms with van der Waals surface area (Å²) in [6.45, 7) is 5.12. The van der Waals surface area contributed by atoms with Crippen LogP contribution in [0.1, 0.15) is 29.8 Å². The molecule has 2 aromatic rings. The van der Waals surface area contributed by atoms with Gasteiger partial charge < -0.3 is 25.4 Å². The molecule has 0 saturated carbocycles. The fraction of sp³-hybridized carbons (Fsp3) is 0.280. The summed E-state index contributed by atoms with van der Waals surface area (Å²) in [6.07, 6.45) is 0.